The number of hydrogen-bond acceptors (Lipinski definition) is 3. The molecule has 0 aromatic heterocycles. The maximum absolute atomic E-state index is 11.8. The van der Waals surface area contributed by atoms with Gasteiger partial charge in [-0.15, -0.1) is 0 Å². The first kappa shape index (κ1) is 9.65. The molecule has 2 fully saturated rings. The maximum Gasteiger partial charge on any atom is 0.240 e. The smallest absolute Gasteiger partial charge is 0.240 e. The van der Waals surface area contributed by atoms with Gasteiger partial charge in [0, 0.05) is 6.04 Å². The summed E-state index contributed by atoms with van der Waals surface area (Å²) in [5.74, 6) is 0.229. The van der Waals surface area contributed by atoms with Crippen LogP contribution in [0.15, 0.2) is 0 Å². The first-order valence-corrected chi connectivity index (χ1v) is 5.15. The van der Waals surface area contributed by atoms with Gasteiger partial charge in [0.1, 0.15) is 0 Å². The molecule has 0 radical (unpaired) electrons. The fraction of sp³-hybridized carbons (Fsp3) is 0.800. The van der Waals surface area contributed by atoms with Crippen molar-refractivity contribution in [1.82, 2.24) is 10.2 Å². The van der Waals surface area contributed by atoms with Crippen molar-refractivity contribution in [3.63, 3.8) is 0 Å². The van der Waals surface area contributed by atoms with Gasteiger partial charge in [0.25, 0.3) is 0 Å². The van der Waals surface area contributed by atoms with E-state index in [1.165, 1.54) is 0 Å². The lowest BCUT2D eigenvalue weighted by Crippen LogP contribution is -2.43. The molecule has 0 saturated carbocycles. The Bertz CT molecular complexity index is 277. The summed E-state index contributed by atoms with van der Waals surface area (Å²) in [7, 11) is 1.80. The van der Waals surface area contributed by atoms with Gasteiger partial charge in [-0.25, -0.2) is 0 Å². The Kier molecular flexibility index (Phi) is 2.31. The molecule has 2 aliphatic rings. The van der Waals surface area contributed by atoms with Crippen LogP contribution in [-0.2, 0) is 9.59 Å². The van der Waals surface area contributed by atoms with Crippen LogP contribution in [0.2, 0.25) is 0 Å². The largest absolute Gasteiger partial charge is 0.328 e. The Labute approximate surface area is 83.6 Å². The molecule has 2 saturated heterocycles. The van der Waals surface area contributed by atoms with Crippen LogP contribution >= 0.6 is 0 Å². The van der Waals surface area contributed by atoms with E-state index in [9.17, 15) is 9.59 Å². The predicted molar refractivity (Wildman–Crippen MR) is 51.8 cm³/mol. The normalized spacial score (nSPS) is 36.3. The van der Waals surface area contributed by atoms with E-state index in [-0.39, 0.29) is 23.8 Å². The fourth-order valence-electron chi connectivity index (χ4n) is 2.64. The second kappa shape index (κ2) is 3.35. The summed E-state index contributed by atoms with van der Waals surface area (Å²) in [6.07, 6.45) is 2.69. The zero-order valence-electron chi connectivity index (χ0n) is 8.62. The van der Waals surface area contributed by atoms with Gasteiger partial charge in [-0.3, -0.25) is 9.59 Å². The van der Waals surface area contributed by atoms with Gasteiger partial charge in [0.2, 0.25) is 5.91 Å². The van der Waals surface area contributed by atoms with Crippen molar-refractivity contribution in [2.45, 2.75) is 44.3 Å². The van der Waals surface area contributed by atoms with E-state index in [4.69, 9.17) is 0 Å². The molecule has 0 aromatic carbocycles. The molecular weight excluding hydrogens is 180 g/mol. The van der Waals surface area contributed by atoms with E-state index in [0.29, 0.717) is 6.04 Å². The number of hydrogen-bond donors (Lipinski definition) is 1. The Morgan fingerprint density at radius 2 is 2.21 bits per heavy atom. The average Bonchev–Trinajstić information content (AvgIpc) is 2.66. The monoisotopic (exact) mass is 196 g/mol. The summed E-state index contributed by atoms with van der Waals surface area (Å²) >= 11 is 0. The number of fused-ring (bicyclic) bond motifs is 1. The Hall–Kier alpha value is -0.900. The highest BCUT2D eigenvalue weighted by Gasteiger charge is 2.47. The Morgan fingerprint density at radius 3 is 2.79 bits per heavy atom. The molecule has 0 aliphatic carbocycles. The minimum absolute atomic E-state index is 0.0675. The molecule has 0 spiro atoms. The molecular formula is C10H16N2O2. The SMILES string of the molecule is CNC1CC2CCC(C(C)=O)N2C1=O. The number of carbonyl (C=O) groups is 2. The number of carbonyl (C=O) groups excluding carboxylic acids is 2. The molecule has 3 atom stereocenters. The van der Waals surface area contributed by atoms with Gasteiger partial charge in [0.05, 0.1) is 12.1 Å². The second-order valence-corrected chi connectivity index (χ2v) is 4.18. The molecule has 2 heterocycles. The van der Waals surface area contributed by atoms with Crippen LogP contribution in [0.1, 0.15) is 26.2 Å². The zero-order valence-corrected chi connectivity index (χ0v) is 8.62. The van der Waals surface area contributed by atoms with E-state index in [1.54, 1.807) is 18.9 Å². The van der Waals surface area contributed by atoms with Crippen molar-refractivity contribution in [2.75, 3.05) is 7.05 Å². The van der Waals surface area contributed by atoms with Crippen molar-refractivity contribution in [3.05, 3.63) is 0 Å². The lowest BCUT2D eigenvalue weighted by Gasteiger charge is -2.22. The average molecular weight is 196 g/mol. The van der Waals surface area contributed by atoms with Crippen LogP contribution in [0.25, 0.3) is 0 Å². The first-order valence-electron chi connectivity index (χ1n) is 5.15. The van der Waals surface area contributed by atoms with E-state index in [2.05, 4.69) is 5.32 Å². The molecule has 3 unspecified atom stereocenters. The van der Waals surface area contributed by atoms with Crippen LogP contribution in [0.4, 0.5) is 0 Å². The molecule has 1 N–H and O–H groups in total. The van der Waals surface area contributed by atoms with Gasteiger partial charge in [-0.2, -0.15) is 0 Å². The Balaban J connectivity index is 2.17. The third kappa shape index (κ3) is 1.25. The highest BCUT2D eigenvalue weighted by molar-refractivity contribution is 5.92. The number of nitrogens with zero attached hydrogens (tertiary/aromatic N) is 1. The standard InChI is InChI=1S/C10H16N2O2/c1-6(13)9-4-3-7-5-8(11-2)10(14)12(7)9/h7-9,11H,3-5H2,1-2H3. The van der Waals surface area contributed by atoms with Crippen molar-refractivity contribution in [2.24, 2.45) is 0 Å². The van der Waals surface area contributed by atoms with Gasteiger partial charge in [0.15, 0.2) is 5.78 Å². The molecule has 0 aromatic rings. The van der Waals surface area contributed by atoms with E-state index in [1.807, 2.05) is 0 Å². The van der Waals surface area contributed by atoms with Crippen LogP contribution in [0, 0.1) is 0 Å². The number of rotatable bonds is 2. The van der Waals surface area contributed by atoms with Gasteiger partial charge in [-0.1, -0.05) is 0 Å². The zero-order chi connectivity index (χ0) is 10.3. The van der Waals surface area contributed by atoms with Gasteiger partial charge >= 0.3 is 0 Å². The molecule has 0 bridgehead atoms. The van der Waals surface area contributed by atoms with Crippen molar-refractivity contribution >= 4 is 11.7 Å². The Morgan fingerprint density at radius 1 is 1.50 bits per heavy atom. The summed E-state index contributed by atoms with van der Waals surface area (Å²) in [5.41, 5.74) is 0. The van der Waals surface area contributed by atoms with E-state index in [0.717, 1.165) is 19.3 Å². The quantitative estimate of drug-likeness (QED) is 0.672. The summed E-state index contributed by atoms with van der Waals surface area (Å²) < 4.78 is 0. The lowest BCUT2D eigenvalue weighted by atomic mass is 10.1. The molecule has 4 nitrogen and oxygen atoms in total. The molecule has 78 valence electrons. The van der Waals surface area contributed by atoms with Crippen LogP contribution in [0.5, 0.6) is 0 Å². The predicted octanol–water partition coefficient (Wildman–Crippen LogP) is -0.0733. The van der Waals surface area contributed by atoms with Crippen molar-refractivity contribution in [3.8, 4) is 0 Å². The van der Waals surface area contributed by atoms with Crippen molar-refractivity contribution in [1.29, 1.82) is 0 Å². The molecule has 2 rings (SSSR count). The fourth-order valence-corrected chi connectivity index (χ4v) is 2.64. The third-order valence-corrected chi connectivity index (χ3v) is 3.38. The molecule has 14 heavy (non-hydrogen) atoms. The van der Waals surface area contributed by atoms with Crippen molar-refractivity contribution < 1.29 is 9.59 Å². The summed E-state index contributed by atoms with van der Waals surface area (Å²) in [4.78, 5) is 25.0. The lowest BCUT2D eigenvalue weighted by molar-refractivity contribution is -0.136. The minimum Gasteiger partial charge on any atom is -0.328 e. The number of Topliss-reactive ketones (excluding diaryl/α,β-unsaturated/α-hetero) is 1. The topological polar surface area (TPSA) is 49.4 Å². The van der Waals surface area contributed by atoms with E-state index < -0.39 is 0 Å². The number of amides is 1. The number of likely N-dealkylation sites (N-methyl/N-ethyl adjacent to an activating group) is 1. The van der Waals surface area contributed by atoms with Crippen LogP contribution < -0.4 is 5.32 Å². The maximum atomic E-state index is 11.8. The highest BCUT2D eigenvalue weighted by Crippen LogP contribution is 2.33. The summed E-state index contributed by atoms with van der Waals surface area (Å²) in [5, 5.41) is 3.00. The second-order valence-electron chi connectivity index (χ2n) is 4.18. The van der Waals surface area contributed by atoms with Crippen LogP contribution in [-0.4, -0.2) is 41.8 Å². The number of nitrogens with one attached hydrogen (secondary N) is 1. The van der Waals surface area contributed by atoms with Gasteiger partial charge in [-0.05, 0) is 33.2 Å². The number of ketones is 1. The highest BCUT2D eigenvalue weighted by atomic mass is 16.2. The minimum atomic E-state index is -0.147. The molecule has 4 heteroatoms. The van der Waals surface area contributed by atoms with Crippen LogP contribution in [0.3, 0.4) is 0 Å². The first-order chi connectivity index (χ1) is 6.65. The third-order valence-electron chi connectivity index (χ3n) is 3.38. The summed E-state index contributed by atoms with van der Waals surface area (Å²) in [6, 6.07) is 0.0850. The molecule has 1 amide bonds. The van der Waals surface area contributed by atoms with E-state index >= 15 is 0 Å². The molecule has 2 aliphatic heterocycles. The summed E-state index contributed by atoms with van der Waals surface area (Å²) in [6.45, 7) is 1.58. The van der Waals surface area contributed by atoms with Gasteiger partial charge < -0.3 is 10.2 Å².